The molecule has 2 amide bonds. The molecule has 0 aliphatic carbocycles. The van der Waals surface area contributed by atoms with Crippen LogP contribution in [0.2, 0.25) is 0 Å². The molecule has 0 bridgehead atoms. The first-order valence-electron chi connectivity index (χ1n) is 12.4. The highest BCUT2D eigenvalue weighted by molar-refractivity contribution is 5.83. The summed E-state index contributed by atoms with van der Waals surface area (Å²) in [5, 5.41) is 2.90. The number of hydrogen-bond donors (Lipinski definition) is 1. The maximum atomic E-state index is 13.8. The average molecular weight is 511 g/mol. The van der Waals surface area contributed by atoms with Crippen LogP contribution >= 0.6 is 0 Å². The van der Waals surface area contributed by atoms with Crippen molar-refractivity contribution in [2.24, 2.45) is 0 Å². The summed E-state index contributed by atoms with van der Waals surface area (Å²) in [6.45, 7) is 3.35. The van der Waals surface area contributed by atoms with E-state index >= 15 is 0 Å². The fourth-order valence-corrected chi connectivity index (χ4v) is 5.45. The van der Waals surface area contributed by atoms with Crippen LogP contribution < -0.4 is 5.32 Å². The van der Waals surface area contributed by atoms with Crippen molar-refractivity contribution in [3.8, 4) is 5.69 Å². The molecular formula is C28H29F3N4O2. The van der Waals surface area contributed by atoms with E-state index in [4.69, 9.17) is 0 Å². The second-order valence-corrected chi connectivity index (χ2v) is 9.66. The molecule has 2 aliphatic heterocycles. The SMILES string of the molecule is CC(=O)N1CCC(N2Cc3ccccc3-n3cccc3[C@H]2C(=O)NCc2cccc(C(F)(F)F)c2)CC1. The van der Waals surface area contributed by atoms with Crippen LogP contribution in [0.5, 0.6) is 0 Å². The number of rotatable bonds is 4. The smallest absolute Gasteiger partial charge is 0.350 e. The Labute approximate surface area is 213 Å². The van der Waals surface area contributed by atoms with Gasteiger partial charge in [-0.1, -0.05) is 30.3 Å². The monoisotopic (exact) mass is 510 g/mol. The predicted molar refractivity (Wildman–Crippen MR) is 133 cm³/mol. The van der Waals surface area contributed by atoms with Crippen LogP contribution in [-0.2, 0) is 28.9 Å². The summed E-state index contributed by atoms with van der Waals surface area (Å²) in [5.41, 5.74) is 2.54. The summed E-state index contributed by atoms with van der Waals surface area (Å²) in [5.74, 6) is -0.219. The van der Waals surface area contributed by atoms with Gasteiger partial charge in [0.2, 0.25) is 11.8 Å². The molecule has 1 atom stereocenters. The van der Waals surface area contributed by atoms with E-state index in [0.717, 1.165) is 41.9 Å². The highest BCUT2D eigenvalue weighted by atomic mass is 19.4. The number of carbonyl (C=O) groups is 2. The Morgan fingerprint density at radius 1 is 1.00 bits per heavy atom. The summed E-state index contributed by atoms with van der Waals surface area (Å²) in [6.07, 6.45) is -1.04. The van der Waals surface area contributed by atoms with Gasteiger partial charge < -0.3 is 14.8 Å². The van der Waals surface area contributed by atoms with Gasteiger partial charge >= 0.3 is 6.18 Å². The molecule has 0 saturated carbocycles. The second kappa shape index (κ2) is 10.0. The first kappa shape index (κ1) is 25.1. The van der Waals surface area contributed by atoms with Crippen molar-refractivity contribution in [2.75, 3.05) is 13.1 Å². The quantitative estimate of drug-likeness (QED) is 0.555. The van der Waals surface area contributed by atoms with Gasteiger partial charge in [-0.25, -0.2) is 0 Å². The van der Waals surface area contributed by atoms with Gasteiger partial charge in [0.05, 0.1) is 5.56 Å². The molecule has 0 unspecified atom stereocenters. The average Bonchev–Trinajstić information content (AvgIpc) is 3.31. The van der Waals surface area contributed by atoms with Gasteiger partial charge in [-0.15, -0.1) is 0 Å². The lowest BCUT2D eigenvalue weighted by Gasteiger charge is -2.41. The van der Waals surface area contributed by atoms with Gasteiger partial charge in [0.15, 0.2) is 0 Å². The van der Waals surface area contributed by atoms with Crippen molar-refractivity contribution in [1.29, 1.82) is 0 Å². The van der Waals surface area contributed by atoms with Gasteiger partial charge in [0.1, 0.15) is 6.04 Å². The molecule has 0 radical (unpaired) electrons. The van der Waals surface area contributed by atoms with Crippen molar-refractivity contribution in [3.63, 3.8) is 0 Å². The van der Waals surface area contributed by atoms with Crippen molar-refractivity contribution >= 4 is 11.8 Å². The normalized spacial score (nSPS) is 18.6. The zero-order valence-electron chi connectivity index (χ0n) is 20.5. The molecule has 2 aromatic carbocycles. The molecule has 6 nitrogen and oxygen atoms in total. The Morgan fingerprint density at radius 3 is 2.49 bits per heavy atom. The van der Waals surface area contributed by atoms with Crippen LogP contribution in [-0.4, -0.2) is 45.3 Å². The summed E-state index contributed by atoms with van der Waals surface area (Å²) in [6, 6.07) is 16.3. The number of likely N-dealkylation sites (tertiary alicyclic amines) is 1. The fraction of sp³-hybridized carbons (Fsp3) is 0.357. The minimum absolute atomic E-state index is 0.0104. The molecule has 5 rings (SSSR count). The number of para-hydroxylation sites is 1. The van der Waals surface area contributed by atoms with Gasteiger partial charge in [-0.2, -0.15) is 13.2 Å². The lowest BCUT2D eigenvalue weighted by atomic mass is 9.98. The number of benzene rings is 2. The number of nitrogens with one attached hydrogen (secondary N) is 1. The Morgan fingerprint density at radius 2 is 1.76 bits per heavy atom. The van der Waals surface area contributed by atoms with Gasteiger partial charge in [0, 0.05) is 56.7 Å². The lowest BCUT2D eigenvalue weighted by molar-refractivity contribution is -0.137. The maximum Gasteiger partial charge on any atom is 0.416 e. The number of carbonyl (C=O) groups excluding carboxylic acids is 2. The Bertz CT molecular complexity index is 1290. The van der Waals surface area contributed by atoms with Crippen molar-refractivity contribution in [2.45, 2.75) is 51.1 Å². The second-order valence-electron chi connectivity index (χ2n) is 9.66. The molecule has 194 valence electrons. The maximum absolute atomic E-state index is 13.8. The Hall–Kier alpha value is -3.59. The largest absolute Gasteiger partial charge is 0.416 e. The number of alkyl halides is 3. The minimum atomic E-state index is -4.44. The molecule has 1 saturated heterocycles. The van der Waals surface area contributed by atoms with E-state index < -0.39 is 17.8 Å². The summed E-state index contributed by atoms with van der Waals surface area (Å²) >= 11 is 0. The van der Waals surface area contributed by atoms with Crippen LogP contribution in [0.25, 0.3) is 5.69 Å². The molecule has 1 aromatic heterocycles. The van der Waals surface area contributed by atoms with E-state index in [1.54, 1.807) is 13.0 Å². The molecule has 1 fully saturated rings. The first-order chi connectivity index (χ1) is 17.7. The van der Waals surface area contributed by atoms with Crippen molar-refractivity contribution in [3.05, 3.63) is 89.2 Å². The van der Waals surface area contributed by atoms with Crippen LogP contribution in [0.4, 0.5) is 13.2 Å². The minimum Gasteiger partial charge on any atom is -0.350 e. The third-order valence-corrected chi connectivity index (χ3v) is 7.34. The summed E-state index contributed by atoms with van der Waals surface area (Å²) < 4.78 is 41.5. The first-order valence-corrected chi connectivity index (χ1v) is 12.4. The molecule has 37 heavy (non-hydrogen) atoms. The highest BCUT2D eigenvalue weighted by Crippen LogP contribution is 2.36. The number of halogens is 3. The summed E-state index contributed by atoms with van der Waals surface area (Å²) in [4.78, 5) is 29.7. The lowest BCUT2D eigenvalue weighted by Crippen LogP contribution is -2.50. The van der Waals surface area contributed by atoms with E-state index in [-0.39, 0.29) is 24.4 Å². The summed E-state index contributed by atoms with van der Waals surface area (Å²) in [7, 11) is 0. The number of nitrogens with zero attached hydrogens (tertiary/aromatic N) is 3. The van der Waals surface area contributed by atoms with Crippen molar-refractivity contribution < 1.29 is 22.8 Å². The molecular weight excluding hydrogens is 481 g/mol. The number of piperidine rings is 1. The van der Waals surface area contributed by atoms with Gasteiger partial charge in [0.25, 0.3) is 0 Å². The van der Waals surface area contributed by atoms with Crippen LogP contribution in [0.1, 0.15) is 48.2 Å². The number of amides is 2. The number of hydrogen-bond acceptors (Lipinski definition) is 3. The zero-order chi connectivity index (χ0) is 26.2. The van der Waals surface area contributed by atoms with Gasteiger partial charge in [-0.3, -0.25) is 14.5 Å². The van der Waals surface area contributed by atoms with Gasteiger partial charge in [-0.05, 0) is 54.3 Å². The van der Waals surface area contributed by atoms with Crippen LogP contribution in [0.15, 0.2) is 66.9 Å². The molecule has 2 aliphatic rings. The van der Waals surface area contributed by atoms with E-state index in [1.807, 2.05) is 46.0 Å². The Kier molecular flexibility index (Phi) is 6.81. The molecule has 9 heteroatoms. The number of fused-ring (bicyclic) bond motifs is 3. The Balaban J connectivity index is 1.45. The molecule has 0 spiro atoms. The van der Waals surface area contributed by atoms with E-state index in [9.17, 15) is 22.8 Å². The standard InChI is InChI=1S/C28H29F3N4O2/c1-19(36)33-14-11-23(12-15-33)35-18-21-7-2-3-9-24(21)34-13-5-10-25(34)26(35)27(37)32-17-20-6-4-8-22(16-20)28(29,30)31/h2-10,13,16,23,26H,11-12,14-15,17-18H2,1H3,(H,32,37)/t26-/m0/s1. The van der Waals surface area contributed by atoms with Crippen LogP contribution in [0.3, 0.4) is 0 Å². The predicted octanol–water partition coefficient (Wildman–Crippen LogP) is 4.68. The number of aromatic nitrogens is 1. The highest BCUT2D eigenvalue weighted by Gasteiger charge is 2.39. The third kappa shape index (κ3) is 5.13. The van der Waals surface area contributed by atoms with Crippen molar-refractivity contribution in [1.82, 2.24) is 19.7 Å². The molecule has 3 aromatic rings. The molecule has 1 N–H and O–H groups in total. The van der Waals surface area contributed by atoms with E-state index in [2.05, 4.69) is 16.3 Å². The van der Waals surface area contributed by atoms with Crippen LogP contribution in [0, 0.1) is 0 Å². The fourth-order valence-electron chi connectivity index (χ4n) is 5.45. The van der Waals surface area contributed by atoms with E-state index in [0.29, 0.717) is 25.2 Å². The third-order valence-electron chi connectivity index (χ3n) is 7.34. The zero-order valence-corrected chi connectivity index (χ0v) is 20.5. The van der Waals surface area contributed by atoms with E-state index in [1.165, 1.54) is 6.07 Å². The molecule has 3 heterocycles. The topological polar surface area (TPSA) is 57.6 Å².